The number of nitrogens with two attached hydrogens (primary N) is 1. The first-order chi connectivity index (χ1) is 13.0. The predicted octanol–water partition coefficient (Wildman–Crippen LogP) is 4.36. The second-order valence-corrected chi connectivity index (χ2v) is 7.31. The maximum atomic E-state index is 14.5. The molecule has 0 spiro atoms. The lowest BCUT2D eigenvalue weighted by molar-refractivity contribution is -0.137. The second kappa shape index (κ2) is 6.95. The van der Waals surface area contributed by atoms with E-state index in [2.05, 4.69) is 4.98 Å². The van der Waals surface area contributed by atoms with Crippen LogP contribution in [0.15, 0.2) is 59.6 Å². The van der Waals surface area contributed by atoms with E-state index in [0.717, 1.165) is 24.3 Å². The van der Waals surface area contributed by atoms with Crippen LogP contribution in [-0.4, -0.2) is 13.4 Å². The van der Waals surface area contributed by atoms with Crippen LogP contribution in [0.2, 0.25) is 0 Å². The molecule has 28 heavy (non-hydrogen) atoms. The van der Waals surface area contributed by atoms with Crippen molar-refractivity contribution < 1.29 is 30.4 Å². The molecule has 0 aliphatic rings. The van der Waals surface area contributed by atoms with Gasteiger partial charge in [0.1, 0.15) is 16.5 Å². The maximum absolute atomic E-state index is 14.5. The molecule has 0 atom stereocenters. The summed E-state index contributed by atoms with van der Waals surface area (Å²) >= 11 is 0. The maximum Gasteiger partial charge on any atom is 0.416 e. The Morgan fingerprint density at radius 2 is 1.54 bits per heavy atom. The zero-order chi connectivity index (χ0) is 20.7. The molecule has 1 heterocycles. The molecule has 2 aromatic carbocycles. The minimum Gasteiger partial charge on any atom is -0.256 e. The molecule has 0 saturated carbocycles. The van der Waals surface area contributed by atoms with E-state index < -0.39 is 38.3 Å². The molecule has 0 aliphatic carbocycles. The molecule has 10 heteroatoms. The van der Waals surface area contributed by atoms with Crippen molar-refractivity contribution >= 4 is 10.0 Å². The van der Waals surface area contributed by atoms with Crippen molar-refractivity contribution in [2.75, 3.05) is 0 Å². The van der Waals surface area contributed by atoms with Gasteiger partial charge in [-0.15, -0.1) is 0 Å². The molecule has 0 saturated heterocycles. The lowest BCUT2D eigenvalue weighted by Crippen LogP contribution is -2.14. The average molecular weight is 414 g/mol. The van der Waals surface area contributed by atoms with Crippen molar-refractivity contribution in [3.63, 3.8) is 0 Å². The Bertz CT molecular complexity index is 1140. The van der Waals surface area contributed by atoms with Crippen LogP contribution in [-0.2, 0) is 16.2 Å². The number of halogens is 5. The molecule has 4 nitrogen and oxygen atoms in total. The lowest BCUT2D eigenvalue weighted by Gasteiger charge is -2.12. The van der Waals surface area contributed by atoms with Gasteiger partial charge in [0.25, 0.3) is 0 Å². The number of rotatable bonds is 3. The van der Waals surface area contributed by atoms with Crippen LogP contribution in [0.3, 0.4) is 0 Å². The van der Waals surface area contributed by atoms with Crippen molar-refractivity contribution in [3.8, 4) is 22.4 Å². The molecule has 0 radical (unpaired) electrons. The summed E-state index contributed by atoms with van der Waals surface area (Å²) in [5.41, 5.74) is -0.784. The molecule has 2 N–H and O–H groups in total. The second-order valence-electron chi connectivity index (χ2n) is 5.78. The fraction of sp³-hybridized carbons (Fsp3) is 0.0556. The van der Waals surface area contributed by atoms with Crippen molar-refractivity contribution in [1.29, 1.82) is 0 Å². The van der Waals surface area contributed by atoms with Crippen molar-refractivity contribution in [1.82, 2.24) is 4.98 Å². The molecule has 0 bridgehead atoms. The summed E-state index contributed by atoms with van der Waals surface area (Å²) in [5, 5.41) is 4.85. The molecule has 0 aliphatic heterocycles. The van der Waals surface area contributed by atoms with Gasteiger partial charge < -0.3 is 0 Å². The average Bonchev–Trinajstić information content (AvgIpc) is 2.62. The summed E-state index contributed by atoms with van der Waals surface area (Å²) < 4.78 is 89.5. The van der Waals surface area contributed by atoms with Crippen LogP contribution in [0.5, 0.6) is 0 Å². The van der Waals surface area contributed by atoms with Crippen LogP contribution >= 0.6 is 0 Å². The Balaban J connectivity index is 2.15. The van der Waals surface area contributed by atoms with E-state index in [0.29, 0.717) is 12.1 Å². The molecule has 3 rings (SSSR count). The third-order valence-corrected chi connectivity index (χ3v) is 4.84. The number of hydrogen-bond donors (Lipinski definition) is 1. The van der Waals surface area contributed by atoms with Crippen LogP contribution in [0.4, 0.5) is 22.0 Å². The summed E-state index contributed by atoms with van der Waals surface area (Å²) in [4.78, 5) is 3.04. The van der Waals surface area contributed by atoms with E-state index in [4.69, 9.17) is 5.14 Å². The normalized spacial score (nSPS) is 12.2. The molecular formula is C18H11F5N2O2S. The van der Waals surface area contributed by atoms with E-state index in [9.17, 15) is 30.4 Å². The molecule has 0 unspecified atom stereocenters. The van der Waals surface area contributed by atoms with Crippen molar-refractivity contribution in [2.45, 2.75) is 11.1 Å². The minimum atomic E-state index is -4.52. The number of nitrogens with zero attached hydrogens (tertiary/aromatic N) is 1. The largest absolute Gasteiger partial charge is 0.416 e. The van der Waals surface area contributed by atoms with Gasteiger partial charge >= 0.3 is 6.18 Å². The van der Waals surface area contributed by atoms with Gasteiger partial charge in [-0.1, -0.05) is 18.2 Å². The summed E-state index contributed by atoms with van der Waals surface area (Å²) in [6, 6.07) is 7.90. The first kappa shape index (κ1) is 19.9. The van der Waals surface area contributed by atoms with Crippen molar-refractivity contribution in [2.24, 2.45) is 5.14 Å². The number of primary sulfonamides is 1. The number of hydrogen-bond acceptors (Lipinski definition) is 3. The summed E-state index contributed by atoms with van der Waals surface area (Å²) in [6.45, 7) is 0. The van der Waals surface area contributed by atoms with Crippen molar-refractivity contribution in [3.05, 3.63) is 71.9 Å². The van der Waals surface area contributed by atoms with Gasteiger partial charge in [-0.3, -0.25) is 4.98 Å². The van der Waals surface area contributed by atoms with Crippen LogP contribution in [0.25, 0.3) is 22.4 Å². The highest BCUT2D eigenvalue weighted by molar-refractivity contribution is 7.89. The van der Waals surface area contributed by atoms with Crippen LogP contribution in [0, 0.1) is 11.6 Å². The number of sulfonamides is 1. The molecule has 0 amide bonds. The van der Waals surface area contributed by atoms with Gasteiger partial charge in [0.05, 0.1) is 11.3 Å². The predicted molar refractivity (Wildman–Crippen MR) is 91.4 cm³/mol. The van der Waals surface area contributed by atoms with Crippen LogP contribution in [0.1, 0.15) is 5.56 Å². The van der Waals surface area contributed by atoms with Gasteiger partial charge in [-0.05, 0) is 30.3 Å². The van der Waals surface area contributed by atoms with Gasteiger partial charge in [0, 0.05) is 22.9 Å². The minimum absolute atomic E-state index is 0.0691. The topological polar surface area (TPSA) is 73.1 Å². The summed E-state index contributed by atoms with van der Waals surface area (Å²) in [7, 11) is -4.47. The Hall–Kier alpha value is -2.85. The zero-order valence-electron chi connectivity index (χ0n) is 13.8. The van der Waals surface area contributed by atoms with E-state index >= 15 is 0 Å². The Morgan fingerprint density at radius 3 is 2.11 bits per heavy atom. The monoisotopic (exact) mass is 414 g/mol. The highest BCUT2D eigenvalue weighted by atomic mass is 32.2. The number of pyridine rings is 1. The van der Waals surface area contributed by atoms with E-state index in [1.807, 2.05) is 0 Å². The van der Waals surface area contributed by atoms with Crippen LogP contribution < -0.4 is 5.14 Å². The van der Waals surface area contributed by atoms with Gasteiger partial charge in [0.15, 0.2) is 0 Å². The standard InChI is InChI=1S/C18H11F5N2O2S/c19-14-9-16(28(24,26)27)15(20)8-13(14)12-2-1-7-25-17(12)10-3-5-11(6-4-10)18(21,22)23/h1-9H,(H2,24,26,27). The fourth-order valence-electron chi connectivity index (χ4n) is 2.62. The Morgan fingerprint density at radius 1 is 0.893 bits per heavy atom. The first-order valence-corrected chi connectivity index (χ1v) is 9.18. The highest BCUT2D eigenvalue weighted by Gasteiger charge is 2.30. The first-order valence-electron chi connectivity index (χ1n) is 7.63. The Labute approximate surface area is 156 Å². The molecular weight excluding hydrogens is 403 g/mol. The highest BCUT2D eigenvalue weighted by Crippen LogP contribution is 2.35. The molecule has 0 fully saturated rings. The zero-order valence-corrected chi connectivity index (χ0v) is 14.7. The number of aromatic nitrogens is 1. The lowest BCUT2D eigenvalue weighted by atomic mass is 9.98. The van der Waals surface area contributed by atoms with Gasteiger partial charge in [-0.25, -0.2) is 22.3 Å². The Kier molecular flexibility index (Phi) is 4.94. The fourth-order valence-corrected chi connectivity index (χ4v) is 3.22. The quantitative estimate of drug-likeness (QED) is 0.648. The SMILES string of the molecule is NS(=O)(=O)c1cc(F)c(-c2cccnc2-c2ccc(C(F)(F)F)cc2)cc1F. The molecule has 1 aromatic heterocycles. The molecule has 3 aromatic rings. The number of alkyl halides is 3. The van der Waals surface area contributed by atoms with E-state index in [1.165, 1.54) is 18.3 Å². The van der Waals surface area contributed by atoms with Gasteiger partial charge in [0.2, 0.25) is 10.0 Å². The third kappa shape index (κ3) is 3.87. The third-order valence-electron chi connectivity index (χ3n) is 3.91. The summed E-state index contributed by atoms with van der Waals surface area (Å²) in [6.07, 6.45) is -3.19. The van der Waals surface area contributed by atoms with E-state index in [1.54, 1.807) is 0 Å². The summed E-state index contributed by atoms with van der Waals surface area (Å²) in [5.74, 6) is -2.34. The number of benzene rings is 2. The van der Waals surface area contributed by atoms with Gasteiger partial charge in [-0.2, -0.15) is 13.2 Å². The molecule has 146 valence electrons. The van der Waals surface area contributed by atoms with E-state index in [-0.39, 0.29) is 22.4 Å². The smallest absolute Gasteiger partial charge is 0.256 e.